The summed E-state index contributed by atoms with van der Waals surface area (Å²) < 4.78 is 29.9. The Morgan fingerprint density at radius 1 is 0.655 bits per heavy atom. The van der Waals surface area contributed by atoms with E-state index in [0.717, 1.165) is 33.3 Å². The lowest BCUT2D eigenvalue weighted by Crippen LogP contribution is -1.94. The summed E-state index contributed by atoms with van der Waals surface area (Å²) in [5, 5.41) is 0.855. The van der Waals surface area contributed by atoms with Gasteiger partial charge in [-0.25, -0.2) is 14.4 Å². The Morgan fingerprint density at radius 3 is 2.03 bits per heavy atom. The number of hydrogen-bond donors (Lipinski definition) is 0. The molecule has 0 aliphatic rings. The molecule has 4 rings (SSSR count). The summed E-state index contributed by atoms with van der Waals surface area (Å²) >= 11 is 0. The molecule has 0 aliphatic heterocycles. The zero-order valence-corrected chi connectivity index (χ0v) is 16.3. The highest BCUT2D eigenvalue weighted by Crippen LogP contribution is 2.35. The average molecular weight is 390 g/mol. The number of ether oxygens (including phenoxy) is 3. The van der Waals surface area contributed by atoms with E-state index in [1.165, 1.54) is 19.5 Å². The van der Waals surface area contributed by atoms with Crippen LogP contribution in [0, 0.1) is 5.82 Å². The number of halogens is 1. The SMILES string of the molecule is COc1ccc(-c2ccc3ncnc(-c4ccc(OC)c(OC)c4)c3c2)cc1F. The molecule has 0 saturated heterocycles. The highest BCUT2D eigenvalue weighted by Gasteiger charge is 2.12. The highest BCUT2D eigenvalue weighted by atomic mass is 19.1. The Morgan fingerprint density at radius 2 is 1.31 bits per heavy atom. The topological polar surface area (TPSA) is 53.5 Å². The molecule has 0 bridgehead atoms. The first-order valence-corrected chi connectivity index (χ1v) is 8.95. The van der Waals surface area contributed by atoms with Gasteiger partial charge in [0.2, 0.25) is 0 Å². The normalized spacial score (nSPS) is 10.8. The zero-order chi connectivity index (χ0) is 20.4. The molecule has 1 heterocycles. The van der Waals surface area contributed by atoms with Gasteiger partial charge in [0.25, 0.3) is 0 Å². The van der Waals surface area contributed by atoms with Crippen molar-refractivity contribution in [2.45, 2.75) is 0 Å². The Balaban J connectivity index is 1.86. The van der Waals surface area contributed by atoms with Crippen LogP contribution in [0.25, 0.3) is 33.3 Å². The minimum atomic E-state index is -0.408. The molecular weight excluding hydrogens is 371 g/mol. The van der Waals surface area contributed by atoms with E-state index in [4.69, 9.17) is 14.2 Å². The van der Waals surface area contributed by atoms with Crippen molar-refractivity contribution in [3.8, 4) is 39.6 Å². The van der Waals surface area contributed by atoms with Gasteiger partial charge in [-0.15, -0.1) is 0 Å². The smallest absolute Gasteiger partial charge is 0.165 e. The molecule has 5 nitrogen and oxygen atoms in total. The van der Waals surface area contributed by atoms with E-state index in [1.807, 2.05) is 42.5 Å². The van der Waals surface area contributed by atoms with Crippen LogP contribution in [0.2, 0.25) is 0 Å². The minimum absolute atomic E-state index is 0.212. The molecule has 0 fully saturated rings. The van der Waals surface area contributed by atoms with Gasteiger partial charge in [0, 0.05) is 10.9 Å². The van der Waals surface area contributed by atoms with Crippen molar-refractivity contribution in [3.63, 3.8) is 0 Å². The largest absolute Gasteiger partial charge is 0.494 e. The molecule has 0 N–H and O–H groups in total. The van der Waals surface area contributed by atoms with Gasteiger partial charge in [0.05, 0.1) is 32.5 Å². The maximum Gasteiger partial charge on any atom is 0.165 e. The summed E-state index contributed by atoms with van der Waals surface area (Å²) in [5.74, 6) is 1.06. The van der Waals surface area contributed by atoms with Crippen molar-refractivity contribution in [2.24, 2.45) is 0 Å². The second kappa shape index (κ2) is 7.75. The van der Waals surface area contributed by atoms with Gasteiger partial charge < -0.3 is 14.2 Å². The van der Waals surface area contributed by atoms with Crippen molar-refractivity contribution in [2.75, 3.05) is 21.3 Å². The zero-order valence-electron chi connectivity index (χ0n) is 16.3. The standard InChI is InChI=1S/C23H19FN2O3/c1-27-20-8-5-15(11-18(20)24)14-4-7-19-17(10-14)23(26-13-25-19)16-6-9-21(28-2)22(12-16)29-3/h4-13H,1-3H3. The molecule has 6 heteroatoms. The van der Waals surface area contributed by atoms with Gasteiger partial charge in [-0.3, -0.25) is 0 Å². The number of benzene rings is 3. The molecule has 0 atom stereocenters. The fourth-order valence-corrected chi connectivity index (χ4v) is 3.30. The number of fused-ring (bicyclic) bond motifs is 1. The summed E-state index contributed by atoms with van der Waals surface area (Å²) in [7, 11) is 4.63. The predicted molar refractivity (Wildman–Crippen MR) is 110 cm³/mol. The lowest BCUT2D eigenvalue weighted by molar-refractivity contribution is 0.355. The highest BCUT2D eigenvalue weighted by molar-refractivity contribution is 5.95. The first-order chi connectivity index (χ1) is 14.1. The second-order valence-corrected chi connectivity index (χ2v) is 6.37. The lowest BCUT2D eigenvalue weighted by Gasteiger charge is -2.11. The van der Waals surface area contributed by atoms with Gasteiger partial charge in [-0.05, 0) is 53.6 Å². The second-order valence-electron chi connectivity index (χ2n) is 6.37. The monoisotopic (exact) mass is 390 g/mol. The van der Waals surface area contributed by atoms with Crippen LogP contribution in [0.4, 0.5) is 4.39 Å². The Labute approximate surface area is 167 Å². The van der Waals surface area contributed by atoms with Crippen molar-refractivity contribution < 1.29 is 18.6 Å². The van der Waals surface area contributed by atoms with Gasteiger partial charge in [0.1, 0.15) is 6.33 Å². The predicted octanol–water partition coefficient (Wildman–Crippen LogP) is 5.13. The van der Waals surface area contributed by atoms with E-state index in [-0.39, 0.29) is 5.75 Å². The third-order valence-electron chi connectivity index (χ3n) is 4.78. The number of aromatic nitrogens is 2. The van der Waals surface area contributed by atoms with Crippen molar-refractivity contribution in [1.82, 2.24) is 9.97 Å². The first kappa shape index (κ1) is 18.7. The molecular formula is C23H19FN2O3. The van der Waals surface area contributed by atoms with Crippen LogP contribution in [-0.2, 0) is 0 Å². The molecule has 4 aromatic rings. The maximum atomic E-state index is 14.2. The molecule has 29 heavy (non-hydrogen) atoms. The summed E-state index contributed by atoms with van der Waals surface area (Å²) in [6, 6.07) is 16.3. The lowest BCUT2D eigenvalue weighted by atomic mass is 10.00. The molecule has 3 aromatic carbocycles. The first-order valence-electron chi connectivity index (χ1n) is 8.95. The van der Waals surface area contributed by atoms with E-state index in [2.05, 4.69) is 9.97 Å². The summed E-state index contributed by atoms with van der Waals surface area (Å²) in [6.45, 7) is 0. The van der Waals surface area contributed by atoms with E-state index in [1.54, 1.807) is 20.3 Å². The summed E-state index contributed by atoms with van der Waals surface area (Å²) in [5.41, 5.74) is 4.02. The average Bonchev–Trinajstić information content (AvgIpc) is 2.77. The summed E-state index contributed by atoms with van der Waals surface area (Å²) in [4.78, 5) is 8.85. The fraction of sp³-hybridized carbons (Fsp3) is 0.130. The van der Waals surface area contributed by atoms with Crippen LogP contribution >= 0.6 is 0 Å². The van der Waals surface area contributed by atoms with Crippen LogP contribution in [-0.4, -0.2) is 31.3 Å². The van der Waals surface area contributed by atoms with E-state index in [0.29, 0.717) is 11.5 Å². The van der Waals surface area contributed by atoms with Crippen LogP contribution in [0.15, 0.2) is 60.9 Å². The molecule has 0 aliphatic carbocycles. The molecule has 146 valence electrons. The minimum Gasteiger partial charge on any atom is -0.494 e. The van der Waals surface area contributed by atoms with Gasteiger partial charge >= 0.3 is 0 Å². The Hall–Kier alpha value is -3.67. The van der Waals surface area contributed by atoms with Crippen molar-refractivity contribution >= 4 is 10.9 Å². The third kappa shape index (κ3) is 3.45. The van der Waals surface area contributed by atoms with Crippen molar-refractivity contribution in [1.29, 1.82) is 0 Å². The number of nitrogens with zero attached hydrogens (tertiary/aromatic N) is 2. The van der Waals surface area contributed by atoms with Crippen LogP contribution in [0.1, 0.15) is 0 Å². The molecule has 0 radical (unpaired) electrons. The molecule has 1 aromatic heterocycles. The molecule has 0 spiro atoms. The number of hydrogen-bond acceptors (Lipinski definition) is 5. The van der Waals surface area contributed by atoms with E-state index in [9.17, 15) is 4.39 Å². The Kier molecular flexibility index (Phi) is 4.99. The van der Waals surface area contributed by atoms with Gasteiger partial charge in [0.15, 0.2) is 23.1 Å². The van der Waals surface area contributed by atoms with E-state index >= 15 is 0 Å². The van der Waals surface area contributed by atoms with Crippen LogP contribution < -0.4 is 14.2 Å². The van der Waals surface area contributed by atoms with Gasteiger partial charge in [-0.1, -0.05) is 12.1 Å². The van der Waals surface area contributed by atoms with Gasteiger partial charge in [-0.2, -0.15) is 0 Å². The van der Waals surface area contributed by atoms with E-state index < -0.39 is 5.82 Å². The van der Waals surface area contributed by atoms with Crippen LogP contribution in [0.5, 0.6) is 17.2 Å². The number of methoxy groups -OCH3 is 3. The molecule has 0 amide bonds. The molecule has 0 saturated carbocycles. The maximum absolute atomic E-state index is 14.2. The van der Waals surface area contributed by atoms with Crippen molar-refractivity contribution in [3.05, 3.63) is 66.7 Å². The Bertz CT molecular complexity index is 1190. The fourth-order valence-electron chi connectivity index (χ4n) is 3.30. The quantitative estimate of drug-likeness (QED) is 0.473. The summed E-state index contributed by atoms with van der Waals surface area (Å²) in [6.07, 6.45) is 1.53. The molecule has 0 unspecified atom stereocenters. The van der Waals surface area contributed by atoms with Crippen LogP contribution in [0.3, 0.4) is 0 Å². The number of rotatable bonds is 5. The third-order valence-corrected chi connectivity index (χ3v) is 4.78.